The first-order valence-electron chi connectivity index (χ1n) is 6.43. The van der Waals surface area contributed by atoms with Gasteiger partial charge in [0.25, 0.3) is 6.43 Å². The van der Waals surface area contributed by atoms with E-state index in [-0.39, 0.29) is 11.7 Å². The number of rotatable bonds is 6. The highest BCUT2D eigenvalue weighted by molar-refractivity contribution is 5.98. The van der Waals surface area contributed by atoms with Crippen LogP contribution in [0.4, 0.5) is 14.5 Å². The van der Waals surface area contributed by atoms with Crippen molar-refractivity contribution in [1.29, 1.82) is 0 Å². The van der Waals surface area contributed by atoms with Crippen LogP contribution in [0.3, 0.4) is 0 Å². The lowest BCUT2D eigenvalue weighted by atomic mass is 10.2. The van der Waals surface area contributed by atoms with Gasteiger partial charge in [-0.1, -0.05) is 6.07 Å². The number of carboxylic acids is 1. The van der Waals surface area contributed by atoms with E-state index in [9.17, 15) is 18.4 Å². The van der Waals surface area contributed by atoms with E-state index in [0.717, 1.165) is 0 Å². The molecule has 0 bridgehead atoms. The highest BCUT2D eigenvalue weighted by Gasteiger charge is 2.48. The van der Waals surface area contributed by atoms with Crippen LogP contribution in [0.2, 0.25) is 0 Å². The van der Waals surface area contributed by atoms with Gasteiger partial charge in [-0.15, -0.1) is 0 Å². The third-order valence-corrected chi connectivity index (χ3v) is 3.26. The molecule has 0 spiro atoms. The monoisotopic (exact) mass is 299 g/mol. The molecule has 1 fully saturated rings. The SMILES string of the molecule is Cc1ccc(NC(=O)C2CC2C(=O)O)cc1OCC(F)F. The van der Waals surface area contributed by atoms with E-state index in [4.69, 9.17) is 9.84 Å². The number of carboxylic acid groups (broad SMARTS) is 1. The Morgan fingerprint density at radius 2 is 2.14 bits per heavy atom. The van der Waals surface area contributed by atoms with Crippen molar-refractivity contribution in [3.05, 3.63) is 23.8 Å². The fourth-order valence-corrected chi connectivity index (χ4v) is 1.98. The second-order valence-electron chi connectivity index (χ2n) is 4.96. The van der Waals surface area contributed by atoms with Crippen LogP contribution < -0.4 is 10.1 Å². The number of halogens is 2. The summed E-state index contributed by atoms with van der Waals surface area (Å²) in [6.07, 6.45) is -2.26. The molecule has 1 aliphatic carbocycles. The molecular weight excluding hydrogens is 284 g/mol. The lowest BCUT2D eigenvalue weighted by Crippen LogP contribution is -2.17. The van der Waals surface area contributed by atoms with Gasteiger partial charge in [0.05, 0.1) is 11.8 Å². The molecule has 1 saturated carbocycles. The number of carbonyl (C=O) groups excluding carboxylic acids is 1. The number of nitrogens with one attached hydrogen (secondary N) is 1. The van der Waals surface area contributed by atoms with Crippen LogP contribution in [0.15, 0.2) is 18.2 Å². The molecule has 2 unspecified atom stereocenters. The van der Waals surface area contributed by atoms with Gasteiger partial charge >= 0.3 is 5.97 Å². The molecule has 1 aliphatic rings. The molecule has 0 aromatic heterocycles. The maximum Gasteiger partial charge on any atom is 0.307 e. The minimum Gasteiger partial charge on any atom is -0.487 e. The lowest BCUT2D eigenvalue weighted by Gasteiger charge is -2.11. The number of ether oxygens (including phenoxy) is 1. The molecule has 114 valence electrons. The first kappa shape index (κ1) is 15.2. The van der Waals surface area contributed by atoms with Gasteiger partial charge in [-0.25, -0.2) is 8.78 Å². The predicted octanol–water partition coefficient (Wildman–Crippen LogP) is 2.30. The Morgan fingerprint density at radius 3 is 2.71 bits per heavy atom. The summed E-state index contributed by atoms with van der Waals surface area (Å²) >= 11 is 0. The van der Waals surface area contributed by atoms with Gasteiger partial charge < -0.3 is 15.2 Å². The minimum atomic E-state index is -2.58. The average molecular weight is 299 g/mol. The van der Waals surface area contributed by atoms with Crippen molar-refractivity contribution in [3.63, 3.8) is 0 Å². The fourth-order valence-electron chi connectivity index (χ4n) is 1.98. The van der Waals surface area contributed by atoms with E-state index in [2.05, 4.69) is 5.32 Å². The molecule has 21 heavy (non-hydrogen) atoms. The Hall–Kier alpha value is -2.18. The average Bonchev–Trinajstić information content (AvgIpc) is 3.19. The number of aryl methyl sites for hydroxylation is 1. The van der Waals surface area contributed by atoms with Crippen LogP contribution in [-0.2, 0) is 9.59 Å². The normalized spacial score (nSPS) is 20.2. The van der Waals surface area contributed by atoms with Crippen molar-refractivity contribution in [1.82, 2.24) is 0 Å². The van der Waals surface area contributed by atoms with E-state index >= 15 is 0 Å². The van der Waals surface area contributed by atoms with E-state index in [1.807, 2.05) is 0 Å². The second-order valence-corrected chi connectivity index (χ2v) is 4.96. The smallest absolute Gasteiger partial charge is 0.307 e. The summed E-state index contributed by atoms with van der Waals surface area (Å²) in [6, 6.07) is 4.70. The van der Waals surface area contributed by atoms with Gasteiger partial charge in [0.1, 0.15) is 12.4 Å². The number of amides is 1. The van der Waals surface area contributed by atoms with Crippen LogP contribution in [0, 0.1) is 18.8 Å². The van der Waals surface area contributed by atoms with Crippen LogP contribution >= 0.6 is 0 Å². The van der Waals surface area contributed by atoms with Gasteiger partial charge in [0.2, 0.25) is 5.91 Å². The maximum atomic E-state index is 12.1. The Labute approximate surface area is 119 Å². The number of alkyl halides is 2. The summed E-state index contributed by atoms with van der Waals surface area (Å²) in [5.74, 6) is -2.27. The fraction of sp³-hybridized carbons (Fsp3) is 0.429. The number of carbonyl (C=O) groups is 2. The number of hydrogen-bond donors (Lipinski definition) is 2. The van der Waals surface area contributed by atoms with Crippen LogP contribution in [-0.4, -0.2) is 30.0 Å². The summed E-state index contributed by atoms with van der Waals surface area (Å²) in [4.78, 5) is 22.5. The standard InChI is InChI=1S/C14H15F2NO4/c1-7-2-3-8(4-11(7)21-6-12(15)16)17-13(18)9-5-10(9)14(19)20/h2-4,9-10,12H,5-6H2,1H3,(H,17,18)(H,19,20). The summed E-state index contributed by atoms with van der Waals surface area (Å²) in [5.41, 5.74) is 1.06. The summed E-state index contributed by atoms with van der Waals surface area (Å²) in [7, 11) is 0. The van der Waals surface area contributed by atoms with Crippen molar-refractivity contribution in [2.45, 2.75) is 19.8 Å². The molecule has 1 aromatic rings. The summed E-state index contributed by atoms with van der Waals surface area (Å²) in [5, 5.41) is 11.3. The molecular formula is C14H15F2NO4. The molecule has 0 saturated heterocycles. The molecule has 0 radical (unpaired) electrons. The molecule has 2 N–H and O–H groups in total. The molecule has 2 rings (SSSR count). The molecule has 7 heteroatoms. The quantitative estimate of drug-likeness (QED) is 0.845. The third-order valence-electron chi connectivity index (χ3n) is 3.26. The number of hydrogen-bond acceptors (Lipinski definition) is 3. The lowest BCUT2D eigenvalue weighted by molar-refractivity contribution is -0.139. The number of benzene rings is 1. The molecule has 0 heterocycles. The van der Waals surface area contributed by atoms with Gasteiger partial charge in [-0.2, -0.15) is 0 Å². The Morgan fingerprint density at radius 1 is 1.43 bits per heavy atom. The topological polar surface area (TPSA) is 75.6 Å². The highest BCUT2D eigenvalue weighted by atomic mass is 19.3. The van der Waals surface area contributed by atoms with Crippen molar-refractivity contribution < 1.29 is 28.2 Å². The zero-order valence-electron chi connectivity index (χ0n) is 11.3. The minimum absolute atomic E-state index is 0.263. The second kappa shape index (κ2) is 6.07. The summed E-state index contributed by atoms with van der Waals surface area (Å²) in [6.45, 7) is 0.982. The number of anilines is 1. The Bertz CT molecular complexity index is 562. The van der Waals surface area contributed by atoms with Crippen LogP contribution in [0.1, 0.15) is 12.0 Å². The van der Waals surface area contributed by atoms with E-state index in [1.165, 1.54) is 6.07 Å². The van der Waals surface area contributed by atoms with Gasteiger partial charge in [0, 0.05) is 11.8 Å². The first-order chi connectivity index (χ1) is 9.88. The zero-order valence-corrected chi connectivity index (χ0v) is 11.3. The largest absolute Gasteiger partial charge is 0.487 e. The van der Waals surface area contributed by atoms with Crippen molar-refractivity contribution in [2.24, 2.45) is 11.8 Å². The van der Waals surface area contributed by atoms with Crippen LogP contribution in [0.5, 0.6) is 5.75 Å². The molecule has 1 aromatic carbocycles. The molecule has 1 amide bonds. The third kappa shape index (κ3) is 3.90. The predicted molar refractivity (Wildman–Crippen MR) is 70.5 cm³/mol. The Kier molecular flexibility index (Phi) is 4.40. The van der Waals surface area contributed by atoms with Crippen molar-refractivity contribution >= 4 is 17.6 Å². The highest BCUT2D eigenvalue weighted by Crippen LogP contribution is 2.39. The van der Waals surface area contributed by atoms with E-state index in [0.29, 0.717) is 17.7 Å². The van der Waals surface area contributed by atoms with Gasteiger partial charge in [-0.05, 0) is 25.0 Å². The Balaban J connectivity index is 1.99. The maximum absolute atomic E-state index is 12.1. The number of aliphatic carboxylic acids is 1. The summed E-state index contributed by atoms with van der Waals surface area (Å²) < 4.78 is 29.3. The van der Waals surface area contributed by atoms with Crippen molar-refractivity contribution in [3.8, 4) is 5.75 Å². The van der Waals surface area contributed by atoms with Crippen LogP contribution in [0.25, 0.3) is 0 Å². The molecule has 2 atom stereocenters. The van der Waals surface area contributed by atoms with E-state index in [1.54, 1.807) is 19.1 Å². The van der Waals surface area contributed by atoms with E-state index < -0.39 is 30.8 Å². The first-order valence-corrected chi connectivity index (χ1v) is 6.43. The van der Waals surface area contributed by atoms with Crippen molar-refractivity contribution in [2.75, 3.05) is 11.9 Å². The van der Waals surface area contributed by atoms with Gasteiger partial charge in [-0.3, -0.25) is 9.59 Å². The molecule has 5 nitrogen and oxygen atoms in total. The zero-order chi connectivity index (χ0) is 15.6. The molecule has 0 aliphatic heterocycles. The van der Waals surface area contributed by atoms with Gasteiger partial charge in [0.15, 0.2) is 0 Å².